The number of sulfone groups is 1. The zero-order valence-corrected chi connectivity index (χ0v) is 12.8. The Morgan fingerprint density at radius 1 is 1.37 bits per heavy atom. The van der Waals surface area contributed by atoms with Crippen LogP contribution in [0.15, 0.2) is 29.2 Å². The van der Waals surface area contributed by atoms with Gasteiger partial charge in [-0.15, -0.1) is 11.6 Å². The molecular formula is C14H20ClNO2S. The smallest absolute Gasteiger partial charge is 0.180 e. The number of hydrogen-bond donors (Lipinski definition) is 0. The summed E-state index contributed by atoms with van der Waals surface area (Å²) in [4.78, 5) is 2.62. The van der Waals surface area contributed by atoms with Crippen molar-refractivity contribution in [1.82, 2.24) is 0 Å². The molecule has 1 aliphatic rings. The molecule has 106 valence electrons. The van der Waals surface area contributed by atoms with Crippen molar-refractivity contribution in [3.8, 4) is 0 Å². The van der Waals surface area contributed by atoms with Crippen LogP contribution in [0.4, 0.5) is 5.69 Å². The maximum atomic E-state index is 12.2. The van der Waals surface area contributed by atoms with E-state index in [2.05, 4.69) is 4.90 Å². The van der Waals surface area contributed by atoms with E-state index < -0.39 is 9.84 Å². The van der Waals surface area contributed by atoms with Gasteiger partial charge in [-0.2, -0.15) is 0 Å². The van der Waals surface area contributed by atoms with E-state index in [0.717, 1.165) is 31.6 Å². The first-order chi connectivity index (χ1) is 9.08. The maximum Gasteiger partial charge on any atom is 0.180 e. The average molecular weight is 302 g/mol. The predicted molar refractivity (Wildman–Crippen MR) is 79.8 cm³/mol. The lowest BCUT2D eigenvalue weighted by atomic mass is 9.99. The van der Waals surface area contributed by atoms with Crippen molar-refractivity contribution in [2.45, 2.75) is 24.7 Å². The summed E-state index contributed by atoms with van der Waals surface area (Å²) in [5.41, 5.74) is 0.833. The molecule has 0 amide bonds. The second-order valence-electron chi connectivity index (χ2n) is 4.98. The summed E-state index contributed by atoms with van der Waals surface area (Å²) in [7, 11) is -3.18. The SMILES string of the molecule is CCS(=O)(=O)c1ccccc1N1CCCC(CCl)C1. The highest BCUT2D eigenvalue weighted by molar-refractivity contribution is 7.91. The van der Waals surface area contributed by atoms with Crippen LogP contribution in [0.3, 0.4) is 0 Å². The van der Waals surface area contributed by atoms with Gasteiger partial charge in [0, 0.05) is 19.0 Å². The molecule has 5 heteroatoms. The summed E-state index contributed by atoms with van der Waals surface area (Å²) in [5.74, 6) is 1.23. The fourth-order valence-corrected chi connectivity index (χ4v) is 3.91. The highest BCUT2D eigenvalue weighted by Crippen LogP contribution is 2.30. The highest BCUT2D eigenvalue weighted by Gasteiger charge is 2.24. The predicted octanol–water partition coefficient (Wildman–Crippen LogP) is 2.94. The Morgan fingerprint density at radius 3 is 2.79 bits per heavy atom. The lowest BCUT2D eigenvalue weighted by Gasteiger charge is -2.34. The minimum absolute atomic E-state index is 0.136. The zero-order chi connectivity index (χ0) is 13.9. The van der Waals surface area contributed by atoms with Crippen LogP contribution in [0.25, 0.3) is 0 Å². The van der Waals surface area contributed by atoms with E-state index in [1.165, 1.54) is 0 Å². The molecule has 2 rings (SSSR count). The lowest BCUT2D eigenvalue weighted by molar-refractivity contribution is 0.449. The third-order valence-corrected chi connectivity index (χ3v) is 5.87. The van der Waals surface area contributed by atoms with E-state index in [1.807, 2.05) is 12.1 Å². The third-order valence-electron chi connectivity index (χ3n) is 3.66. The van der Waals surface area contributed by atoms with Crippen LogP contribution in [0.1, 0.15) is 19.8 Å². The van der Waals surface area contributed by atoms with Gasteiger partial charge in [-0.1, -0.05) is 19.1 Å². The monoisotopic (exact) mass is 301 g/mol. The van der Waals surface area contributed by atoms with Crippen LogP contribution in [-0.4, -0.2) is 33.1 Å². The summed E-state index contributed by atoms with van der Waals surface area (Å²) >= 11 is 5.95. The van der Waals surface area contributed by atoms with E-state index in [4.69, 9.17) is 11.6 Å². The van der Waals surface area contributed by atoms with Crippen molar-refractivity contribution in [2.24, 2.45) is 5.92 Å². The molecule has 1 aliphatic heterocycles. The van der Waals surface area contributed by atoms with Crippen molar-refractivity contribution in [3.63, 3.8) is 0 Å². The summed E-state index contributed by atoms with van der Waals surface area (Å²) in [6, 6.07) is 7.29. The molecule has 1 unspecified atom stereocenters. The van der Waals surface area contributed by atoms with Gasteiger partial charge in [-0.3, -0.25) is 0 Å². The Balaban J connectivity index is 2.35. The number of nitrogens with zero attached hydrogens (tertiary/aromatic N) is 1. The first-order valence-corrected chi connectivity index (χ1v) is 8.90. The van der Waals surface area contributed by atoms with Crippen LogP contribution in [0.5, 0.6) is 0 Å². The molecule has 3 nitrogen and oxygen atoms in total. The Kier molecular flexibility index (Phi) is 4.74. The van der Waals surface area contributed by atoms with Gasteiger partial charge >= 0.3 is 0 Å². The van der Waals surface area contributed by atoms with Crippen LogP contribution in [-0.2, 0) is 9.84 Å². The van der Waals surface area contributed by atoms with Gasteiger partial charge in [0.25, 0.3) is 0 Å². The molecule has 1 aromatic carbocycles. The average Bonchev–Trinajstić information content (AvgIpc) is 2.47. The number of para-hydroxylation sites is 1. The zero-order valence-electron chi connectivity index (χ0n) is 11.2. The van der Waals surface area contributed by atoms with Gasteiger partial charge in [0.1, 0.15) is 0 Å². The third kappa shape index (κ3) is 3.23. The molecular weight excluding hydrogens is 282 g/mol. The molecule has 1 saturated heterocycles. The molecule has 1 heterocycles. The van der Waals surface area contributed by atoms with Gasteiger partial charge in [-0.25, -0.2) is 8.42 Å². The Hall–Kier alpha value is -0.740. The molecule has 19 heavy (non-hydrogen) atoms. The van der Waals surface area contributed by atoms with Crippen LogP contribution < -0.4 is 4.90 Å². The summed E-state index contributed by atoms with van der Waals surface area (Å²) in [6.45, 7) is 3.44. The Bertz CT molecular complexity index is 530. The van der Waals surface area contributed by atoms with Crippen LogP contribution in [0.2, 0.25) is 0 Å². The van der Waals surface area contributed by atoms with Gasteiger partial charge in [0.2, 0.25) is 0 Å². The van der Waals surface area contributed by atoms with E-state index in [0.29, 0.717) is 16.7 Å². The molecule has 0 spiro atoms. The number of anilines is 1. The number of benzene rings is 1. The highest BCUT2D eigenvalue weighted by atomic mass is 35.5. The van der Waals surface area contributed by atoms with Crippen molar-refractivity contribution >= 4 is 27.1 Å². The quantitative estimate of drug-likeness (QED) is 0.803. The number of rotatable bonds is 4. The number of halogens is 1. The number of hydrogen-bond acceptors (Lipinski definition) is 3. The maximum absolute atomic E-state index is 12.2. The van der Waals surface area contributed by atoms with Gasteiger partial charge in [0.15, 0.2) is 9.84 Å². The van der Waals surface area contributed by atoms with Gasteiger partial charge < -0.3 is 4.90 Å². The standard InChI is InChI=1S/C14H20ClNO2S/c1-2-19(17,18)14-8-4-3-7-13(14)16-9-5-6-12(10-15)11-16/h3-4,7-8,12H,2,5-6,9-11H2,1H3. The van der Waals surface area contributed by atoms with Crippen molar-refractivity contribution in [3.05, 3.63) is 24.3 Å². The van der Waals surface area contributed by atoms with E-state index in [-0.39, 0.29) is 5.75 Å². The first kappa shape index (κ1) is 14.7. The van der Waals surface area contributed by atoms with E-state index in [1.54, 1.807) is 19.1 Å². The topological polar surface area (TPSA) is 37.4 Å². The molecule has 0 radical (unpaired) electrons. The number of piperidine rings is 1. The molecule has 0 aromatic heterocycles. The Morgan fingerprint density at radius 2 is 2.11 bits per heavy atom. The van der Waals surface area contributed by atoms with E-state index >= 15 is 0 Å². The fraction of sp³-hybridized carbons (Fsp3) is 0.571. The minimum atomic E-state index is -3.18. The summed E-state index contributed by atoms with van der Waals surface area (Å²) < 4.78 is 24.3. The van der Waals surface area contributed by atoms with E-state index in [9.17, 15) is 8.42 Å². The molecule has 0 N–H and O–H groups in total. The fourth-order valence-electron chi connectivity index (χ4n) is 2.55. The second kappa shape index (κ2) is 6.14. The summed E-state index contributed by atoms with van der Waals surface area (Å²) in [5, 5.41) is 0. The van der Waals surface area contributed by atoms with Crippen LogP contribution >= 0.6 is 11.6 Å². The van der Waals surface area contributed by atoms with Crippen LogP contribution in [0, 0.1) is 5.92 Å². The van der Waals surface area contributed by atoms with Crippen molar-refractivity contribution in [2.75, 3.05) is 29.6 Å². The first-order valence-electron chi connectivity index (χ1n) is 6.71. The van der Waals surface area contributed by atoms with Gasteiger partial charge in [-0.05, 0) is 30.9 Å². The minimum Gasteiger partial charge on any atom is -0.370 e. The van der Waals surface area contributed by atoms with Crippen molar-refractivity contribution < 1.29 is 8.42 Å². The molecule has 1 fully saturated rings. The summed E-state index contributed by atoms with van der Waals surface area (Å²) in [6.07, 6.45) is 2.20. The molecule has 1 atom stereocenters. The van der Waals surface area contributed by atoms with Gasteiger partial charge in [0.05, 0.1) is 16.3 Å². The molecule has 0 saturated carbocycles. The molecule has 1 aromatic rings. The van der Waals surface area contributed by atoms with Crippen molar-refractivity contribution in [1.29, 1.82) is 0 Å². The lowest BCUT2D eigenvalue weighted by Crippen LogP contribution is -2.36. The second-order valence-corrected chi connectivity index (χ2v) is 7.53. The number of alkyl halides is 1. The Labute approximate surface area is 120 Å². The molecule has 0 aliphatic carbocycles. The largest absolute Gasteiger partial charge is 0.370 e. The normalized spacial score (nSPS) is 20.5. The molecule has 0 bridgehead atoms.